The third-order valence-electron chi connectivity index (χ3n) is 1.55. The number of nitriles is 1. The van der Waals surface area contributed by atoms with Gasteiger partial charge in [-0.1, -0.05) is 6.07 Å². The first-order chi connectivity index (χ1) is 6.96. The monoisotopic (exact) mass is 228 g/mol. The molecule has 1 radical (unpaired) electrons. The Hall–Kier alpha value is -1.38. The molecule has 0 amide bonds. The zero-order chi connectivity index (χ0) is 11.5. The normalized spacial score (nSPS) is 10.8. The molecule has 1 aromatic carbocycles. The lowest BCUT2D eigenvalue weighted by molar-refractivity contribution is 0.177. The van der Waals surface area contributed by atoms with Crippen molar-refractivity contribution < 1.29 is 24.0 Å². The summed E-state index contributed by atoms with van der Waals surface area (Å²) in [6, 6.07) is 5.52. The number of hydrogen-bond donors (Lipinski definition) is 2. The maximum Gasteiger partial charge on any atom is 0.524 e. The third-order valence-corrected chi connectivity index (χ3v) is 1.98. The van der Waals surface area contributed by atoms with Crippen LogP contribution in [0.2, 0.25) is 0 Å². The van der Waals surface area contributed by atoms with E-state index in [9.17, 15) is 9.67 Å². The van der Waals surface area contributed by atoms with Gasteiger partial charge in [-0.25, -0.2) is 9.67 Å². The van der Waals surface area contributed by atoms with Crippen molar-refractivity contribution in [1.82, 2.24) is 0 Å². The number of phosphoric acid groups is 1. The van der Waals surface area contributed by atoms with Crippen molar-refractivity contribution in [3.8, 4) is 11.8 Å². The van der Waals surface area contributed by atoms with Gasteiger partial charge in [-0.05, 0) is 17.7 Å². The SMILES string of the molecule is N#Cc1ccc(C[O])cc1OP(=O)(O)O. The van der Waals surface area contributed by atoms with Gasteiger partial charge in [-0.3, -0.25) is 9.79 Å². The highest BCUT2D eigenvalue weighted by atomic mass is 31.2. The summed E-state index contributed by atoms with van der Waals surface area (Å²) < 4.78 is 14.8. The van der Waals surface area contributed by atoms with E-state index < -0.39 is 14.4 Å². The average molecular weight is 228 g/mol. The van der Waals surface area contributed by atoms with Crippen molar-refractivity contribution in [2.45, 2.75) is 6.61 Å². The Morgan fingerprint density at radius 3 is 2.60 bits per heavy atom. The lowest BCUT2D eigenvalue weighted by Crippen LogP contribution is -1.94. The molecule has 0 saturated heterocycles. The van der Waals surface area contributed by atoms with Crippen LogP contribution in [0.4, 0.5) is 0 Å². The first-order valence-corrected chi connectivity index (χ1v) is 5.35. The number of benzene rings is 1. The Labute approximate surface area is 85.6 Å². The topological polar surface area (TPSA) is 110 Å². The van der Waals surface area contributed by atoms with Crippen LogP contribution >= 0.6 is 7.82 Å². The fourth-order valence-corrected chi connectivity index (χ4v) is 1.36. The number of hydrogen-bond acceptors (Lipinski definition) is 3. The van der Waals surface area contributed by atoms with E-state index in [0.29, 0.717) is 0 Å². The van der Waals surface area contributed by atoms with Crippen molar-refractivity contribution in [3.05, 3.63) is 29.3 Å². The van der Waals surface area contributed by atoms with Gasteiger partial charge < -0.3 is 4.52 Å². The lowest BCUT2D eigenvalue weighted by atomic mass is 10.1. The van der Waals surface area contributed by atoms with Gasteiger partial charge in [0, 0.05) is 0 Å². The summed E-state index contributed by atoms with van der Waals surface area (Å²) in [6.07, 6.45) is 0. The van der Waals surface area contributed by atoms with E-state index in [-0.39, 0.29) is 16.9 Å². The molecule has 1 aromatic rings. The second-order valence-electron chi connectivity index (χ2n) is 2.67. The van der Waals surface area contributed by atoms with Gasteiger partial charge in [0.2, 0.25) is 0 Å². The molecule has 0 aromatic heterocycles. The highest BCUT2D eigenvalue weighted by Crippen LogP contribution is 2.39. The van der Waals surface area contributed by atoms with Crippen LogP contribution in [0.5, 0.6) is 5.75 Å². The zero-order valence-electron chi connectivity index (χ0n) is 7.45. The Balaban J connectivity index is 3.14. The fraction of sp³-hybridized carbons (Fsp3) is 0.125. The molecule has 79 valence electrons. The summed E-state index contributed by atoms with van der Waals surface area (Å²) in [4.78, 5) is 17.1. The predicted molar refractivity (Wildman–Crippen MR) is 48.2 cm³/mol. The van der Waals surface area contributed by atoms with E-state index in [0.717, 1.165) is 6.07 Å². The molecule has 0 atom stereocenters. The van der Waals surface area contributed by atoms with Crippen molar-refractivity contribution >= 4 is 7.82 Å². The fourth-order valence-electron chi connectivity index (χ4n) is 0.953. The van der Waals surface area contributed by atoms with Crippen LogP contribution in [0.15, 0.2) is 18.2 Å². The molecule has 15 heavy (non-hydrogen) atoms. The van der Waals surface area contributed by atoms with E-state index in [1.165, 1.54) is 12.1 Å². The Morgan fingerprint density at radius 1 is 1.47 bits per heavy atom. The van der Waals surface area contributed by atoms with E-state index in [1.54, 1.807) is 6.07 Å². The van der Waals surface area contributed by atoms with Crippen molar-refractivity contribution in [3.63, 3.8) is 0 Å². The highest BCUT2D eigenvalue weighted by molar-refractivity contribution is 7.46. The van der Waals surface area contributed by atoms with Gasteiger partial charge in [-0.15, -0.1) is 0 Å². The number of rotatable bonds is 3. The van der Waals surface area contributed by atoms with Crippen LogP contribution in [0, 0.1) is 11.3 Å². The molecule has 0 aliphatic rings. The van der Waals surface area contributed by atoms with Crippen LogP contribution in [-0.2, 0) is 16.3 Å². The summed E-state index contributed by atoms with van der Waals surface area (Å²) >= 11 is 0. The standard InChI is InChI=1S/C8H7NO5P/c9-4-7-2-1-6(5-10)3-8(7)14-15(11,12)13/h1-3H,5H2,(H2,11,12,13). The summed E-state index contributed by atoms with van der Waals surface area (Å²) in [5, 5.41) is 19.1. The molecular weight excluding hydrogens is 221 g/mol. The molecule has 1 rings (SSSR count). The zero-order valence-corrected chi connectivity index (χ0v) is 8.35. The lowest BCUT2D eigenvalue weighted by Gasteiger charge is -2.08. The molecule has 0 saturated carbocycles. The minimum absolute atomic E-state index is 0.0319. The first-order valence-electron chi connectivity index (χ1n) is 3.82. The largest absolute Gasteiger partial charge is 0.524 e. The minimum Gasteiger partial charge on any atom is -0.403 e. The van der Waals surface area contributed by atoms with E-state index in [2.05, 4.69) is 4.52 Å². The van der Waals surface area contributed by atoms with E-state index in [4.69, 9.17) is 15.0 Å². The van der Waals surface area contributed by atoms with E-state index in [1.807, 2.05) is 0 Å². The summed E-state index contributed by atoms with van der Waals surface area (Å²) in [6.45, 7) is -0.552. The van der Waals surface area contributed by atoms with Gasteiger partial charge in [0.05, 0.1) is 5.56 Å². The average Bonchev–Trinajstić information content (AvgIpc) is 2.15. The molecule has 0 fully saturated rings. The van der Waals surface area contributed by atoms with Gasteiger partial charge in [0.15, 0.2) is 0 Å². The number of phosphoric ester groups is 1. The Bertz CT molecular complexity index is 447. The smallest absolute Gasteiger partial charge is 0.403 e. The molecule has 6 nitrogen and oxygen atoms in total. The third kappa shape index (κ3) is 3.35. The quantitative estimate of drug-likeness (QED) is 0.748. The van der Waals surface area contributed by atoms with Crippen molar-refractivity contribution in [1.29, 1.82) is 5.26 Å². The van der Waals surface area contributed by atoms with Gasteiger partial charge >= 0.3 is 7.82 Å². The Morgan fingerprint density at radius 2 is 2.13 bits per heavy atom. The van der Waals surface area contributed by atoms with Gasteiger partial charge in [-0.2, -0.15) is 5.26 Å². The van der Waals surface area contributed by atoms with Crippen molar-refractivity contribution in [2.24, 2.45) is 0 Å². The molecule has 0 aliphatic heterocycles. The van der Waals surface area contributed by atoms with Crippen LogP contribution < -0.4 is 4.52 Å². The van der Waals surface area contributed by atoms with Crippen LogP contribution in [0.3, 0.4) is 0 Å². The number of nitrogens with zero attached hydrogens (tertiary/aromatic N) is 1. The second-order valence-corrected chi connectivity index (χ2v) is 3.83. The van der Waals surface area contributed by atoms with Crippen LogP contribution in [0.1, 0.15) is 11.1 Å². The van der Waals surface area contributed by atoms with Gasteiger partial charge in [0.1, 0.15) is 18.4 Å². The molecule has 0 bridgehead atoms. The molecule has 0 heterocycles. The molecule has 0 unspecified atom stereocenters. The summed E-state index contributed by atoms with van der Waals surface area (Å²) in [5.74, 6) is -0.279. The maximum absolute atomic E-state index is 10.6. The Kier molecular flexibility index (Phi) is 3.45. The summed E-state index contributed by atoms with van der Waals surface area (Å²) in [5.41, 5.74) is 0.257. The van der Waals surface area contributed by atoms with Crippen LogP contribution in [0.25, 0.3) is 0 Å². The van der Waals surface area contributed by atoms with Crippen LogP contribution in [-0.4, -0.2) is 9.79 Å². The second kappa shape index (κ2) is 4.43. The summed E-state index contributed by atoms with van der Waals surface area (Å²) in [7, 11) is -4.71. The molecule has 2 N–H and O–H groups in total. The molecular formula is C8H7NO5P. The molecule has 7 heteroatoms. The van der Waals surface area contributed by atoms with Gasteiger partial charge in [0.25, 0.3) is 0 Å². The molecule has 0 spiro atoms. The maximum atomic E-state index is 10.6. The van der Waals surface area contributed by atoms with E-state index >= 15 is 0 Å². The van der Waals surface area contributed by atoms with Crippen molar-refractivity contribution in [2.75, 3.05) is 0 Å². The minimum atomic E-state index is -4.71. The highest BCUT2D eigenvalue weighted by Gasteiger charge is 2.18. The first kappa shape index (κ1) is 11.7. The molecule has 0 aliphatic carbocycles. The predicted octanol–water partition coefficient (Wildman–Crippen LogP) is 0.960.